The lowest BCUT2D eigenvalue weighted by atomic mass is 10.2. The van der Waals surface area contributed by atoms with Crippen LogP contribution in [0.3, 0.4) is 0 Å². The normalized spacial score (nSPS) is 12.1. The lowest BCUT2D eigenvalue weighted by molar-refractivity contribution is 0.625. The molecule has 0 aromatic carbocycles. The van der Waals surface area contributed by atoms with Crippen LogP contribution in [0.4, 0.5) is 5.95 Å². The minimum atomic E-state index is 0.407. The number of anilines is 1. The standard InChI is InChI=1S/C13H17N5/c1-10(6-14)7-16-13-17-8-11(9-18-13)12-4-2-3-5-15-12/h2-5,8-10H,6-7,14H2,1H3,(H,16,17,18). The summed E-state index contributed by atoms with van der Waals surface area (Å²) in [7, 11) is 0. The molecule has 0 aliphatic heterocycles. The van der Waals surface area contributed by atoms with Crippen LogP contribution in [-0.4, -0.2) is 28.0 Å². The Kier molecular flexibility index (Phi) is 4.20. The van der Waals surface area contributed by atoms with Gasteiger partial charge in [0.2, 0.25) is 5.95 Å². The molecule has 0 bridgehead atoms. The Morgan fingerprint density at radius 3 is 2.61 bits per heavy atom. The summed E-state index contributed by atoms with van der Waals surface area (Å²) in [5.41, 5.74) is 7.33. The van der Waals surface area contributed by atoms with E-state index in [9.17, 15) is 0 Å². The third-order valence-corrected chi connectivity index (χ3v) is 2.62. The fourth-order valence-corrected chi connectivity index (χ4v) is 1.43. The highest BCUT2D eigenvalue weighted by atomic mass is 15.1. The van der Waals surface area contributed by atoms with Crippen molar-refractivity contribution in [2.75, 3.05) is 18.4 Å². The number of hydrogen-bond donors (Lipinski definition) is 2. The number of nitrogens with zero attached hydrogens (tertiary/aromatic N) is 3. The lowest BCUT2D eigenvalue weighted by Crippen LogP contribution is -2.20. The largest absolute Gasteiger partial charge is 0.354 e. The van der Waals surface area contributed by atoms with Crippen molar-refractivity contribution in [3.8, 4) is 11.3 Å². The van der Waals surface area contributed by atoms with Crippen LogP contribution in [0.2, 0.25) is 0 Å². The average molecular weight is 243 g/mol. The van der Waals surface area contributed by atoms with Crippen molar-refractivity contribution in [1.29, 1.82) is 0 Å². The molecular formula is C13H17N5. The Morgan fingerprint density at radius 1 is 1.22 bits per heavy atom. The zero-order chi connectivity index (χ0) is 12.8. The number of rotatable bonds is 5. The van der Waals surface area contributed by atoms with Crippen molar-refractivity contribution in [3.63, 3.8) is 0 Å². The molecule has 5 nitrogen and oxygen atoms in total. The van der Waals surface area contributed by atoms with Crippen LogP contribution in [0.5, 0.6) is 0 Å². The van der Waals surface area contributed by atoms with Crippen molar-refractivity contribution in [2.24, 2.45) is 11.7 Å². The second-order valence-corrected chi connectivity index (χ2v) is 4.23. The minimum absolute atomic E-state index is 0.407. The van der Waals surface area contributed by atoms with Crippen LogP contribution in [0.25, 0.3) is 11.3 Å². The Bertz CT molecular complexity index is 469. The molecule has 0 fully saturated rings. The monoisotopic (exact) mass is 243 g/mol. The molecule has 2 aromatic rings. The van der Waals surface area contributed by atoms with E-state index in [1.165, 1.54) is 0 Å². The summed E-state index contributed by atoms with van der Waals surface area (Å²) in [5, 5.41) is 3.15. The summed E-state index contributed by atoms with van der Waals surface area (Å²) in [6.45, 7) is 3.51. The zero-order valence-corrected chi connectivity index (χ0v) is 10.4. The fourth-order valence-electron chi connectivity index (χ4n) is 1.43. The van der Waals surface area contributed by atoms with Gasteiger partial charge in [-0.2, -0.15) is 0 Å². The van der Waals surface area contributed by atoms with E-state index in [1.54, 1.807) is 18.6 Å². The molecule has 0 spiro atoms. The maximum atomic E-state index is 5.55. The molecule has 18 heavy (non-hydrogen) atoms. The van der Waals surface area contributed by atoms with Gasteiger partial charge in [0.25, 0.3) is 0 Å². The van der Waals surface area contributed by atoms with Gasteiger partial charge in [0.15, 0.2) is 0 Å². The average Bonchev–Trinajstić information content (AvgIpc) is 2.46. The molecule has 2 aromatic heterocycles. The van der Waals surface area contributed by atoms with Gasteiger partial charge in [0, 0.05) is 30.7 Å². The van der Waals surface area contributed by atoms with Gasteiger partial charge in [0.05, 0.1) is 5.69 Å². The van der Waals surface area contributed by atoms with E-state index in [4.69, 9.17) is 5.73 Å². The Morgan fingerprint density at radius 2 is 2.00 bits per heavy atom. The van der Waals surface area contributed by atoms with Gasteiger partial charge >= 0.3 is 0 Å². The van der Waals surface area contributed by atoms with E-state index in [0.29, 0.717) is 18.4 Å². The van der Waals surface area contributed by atoms with Gasteiger partial charge in [-0.25, -0.2) is 9.97 Å². The van der Waals surface area contributed by atoms with Gasteiger partial charge in [0.1, 0.15) is 0 Å². The minimum Gasteiger partial charge on any atom is -0.354 e. The van der Waals surface area contributed by atoms with Crippen LogP contribution in [0.1, 0.15) is 6.92 Å². The van der Waals surface area contributed by atoms with Crippen LogP contribution < -0.4 is 11.1 Å². The number of nitrogens with one attached hydrogen (secondary N) is 1. The number of aromatic nitrogens is 3. The molecule has 3 N–H and O–H groups in total. The van der Waals surface area contributed by atoms with E-state index < -0.39 is 0 Å². The van der Waals surface area contributed by atoms with Gasteiger partial charge in [-0.1, -0.05) is 13.0 Å². The van der Waals surface area contributed by atoms with E-state index in [-0.39, 0.29) is 0 Å². The fraction of sp³-hybridized carbons (Fsp3) is 0.308. The zero-order valence-electron chi connectivity index (χ0n) is 10.4. The first-order valence-corrected chi connectivity index (χ1v) is 5.97. The highest BCUT2D eigenvalue weighted by molar-refractivity contribution is 5.56. The Balaban J connectivity index is 2.02. The SMILES string of the molecule is CC(CN)CNc1ncc(-c2ccccn2)cn1. The second-order valence-electron chi connectivity index (χ2n) is 4.23. The highest BCUT2D eigenvalue weighted by Crippen LogP contribution is 2.14. The third kappa shape index (κ3) is 3.24. The third-order valence-electron chi connectivity index (χ3n) is 2.62. The van der Waals surface area contributed by atoms with Crippen molar-refractivity contribution < 1.29 is 0 Å². The van der Waals surface area contributed by atoms with Gasteiger partial charge in [-0.15, -0.1) is 0 Å². The predicted molar refractivity (Wildman–Crippen MR) is 72.0 cm³/mol. The van der Waals surface area contributed by atoms with Crippen molar-refractivity contribution in [1.82, 2.24) is 15.0 Å². The van der Waals surface area contributed by atoms with Crippen molar-refractivity contribution in [3.05, 3.63) is 36.8 Å². The summed E-state index contributed by atoms with van der Waals surface area (Å²) in [4.78, 5) is 12.8. The Labute approximate surface area is 106 Å². The summed E-state index contributed by atoms with van der Waals surface area (Å²) in [6.07, 6.45) is 5.29. The highest BCUT2D eigenvalue weighted by Gasteiger charge is 2.02. The molecule has 94 valence electrons. The van der Waals surface area contributed by atoms with Crippen molar-refractivity contribution >= 4 is 5.95 Å². The quantitative estimate of drug-likeness (QED) is 0.833. The van der Waals surface area contributed by atoms with E-state index in [0.717, 1.165) is 17.8 Å². The predicted octanol–water partition coefficient (Wildman–Crippen LogP) is 1.55. The molecule has 0 aliphatic rings. The Hall–Kier alpha value is -2.01. The molecule has 0 amide bonds. The molecule has 5 heteroatoms. The maximum absolute atomic E-state index is 5.55. The van der Waals surface area contributed by atoms with Gasteiger partial charge < -0.3 is 11.1 Å². The first kappa shape index (κ1) is 12.4. The molecular weight excluding hydrogens is 226 g/mol. The molecule has 1 atom stereocenters. The molecule has 1 unspecified atom stereocenters. The van der Waals surface area contributed by atoms with Crippen molar-refractivity contribution in [2.45, 2.75) is 6.92 Å². The first-order valence-electron chi connectivity index (χ1n) is 5.97. The molecule has 2 heterocycles. The first-order chi connectivity index (χ1) is 8.79. The molecule has 0 saturated heterocycles. The topological polar surface area (TPSA) is 76.7 Å². The molecule has 2 rings (SSSR count). The van der Waals surface area contributed by atoms with Gasteiger partial charge in [-0.05, 0) is 24.6 Å². The summed E-state index contributed by atoms with van der Waals surface area (Å²) >= 11 is 0. The van der Waals surface area contributed by atoms with E-state index in [1.807, 2.05) is 18.2 Å². The second kappa shape index (κ2) is 6.07. The number of pyridine rings is 1. The number of hydrogen-bond acceptors (Lipinski definition) is 5. The summed E-state index contributed by atoms with van der Waals surface area (Å²) in [6, 6.07) is 5.76. The van der Waals surface area contributed by atoms with Gasteiger partial charge in [-0.3, -0.25) is 4.98 Å². The summed E-state index contributed by atoms with van der Waals surface area (Å²) in [5.74, 6) is 1.03. The van der Waals surface area contributed by atoms with Crippen LogP contribution in [-0.2, 0) is 0 Å². The molecule has 0 radical (unpaired) electrons. The smallest absolute Gasteiger partial charge is 0.222 e. The number of nitrogens with two attached hydrogens (primary N) is 1. The van der Waals surface area contributed by atoms with E-state index >= 15 is 0 Å². The van der Waals surface area contributed by atoms with E-state index in [2.05, 4.69) is 27.2 Å². The summed E-state index contributed by atoms with van der Waals surface area (Å²) < 4.78 is 0. The molecule has 0 aliphatic carbocycles. The lowest BCUT2D eigenvalue weighted by Gasteiger charge is -2.09. The maximum Gasteiger partial charge on any atom is 0.222 e. The van der Waals surface area contributed by atoms with Crippen LogP contribution in [0.15, 0.2) is 36.8 Å². The van der Waals surface area contributed by atoms with Crippen LogP contribution in [0, 0.1) is 5.92 Å². The van der Waals surface area contributed by atoms with Crippen LogP contribution >= 0.6 is 0 Å². The molecule has 0 saturated carbocycles.